The SMILES string of the molecule is c1ccc(-c2ccc(N(c3ccc(-c4cccc5c4-c4ccccc4C54c5ccccc5-c5ccc6c(c54)Cc4ccc(-c5ccc7c(c5)c5ccccc5n7-c5ccccc5)cc4-6)cc3)c3ccccc3-c3ccccc3)cc2)cc1. The van der Waals surface area contributed by atoms with Crippen molar-refractivity contribution in [3.05, 3.63) is 337 Å². The van der Waals surface area contributed by atoms with Gasteiger partial charge < -0.3 is 9.47 Å². The minimum Gasteiger partial charge on any atom is -0.310 e. The Morgan fingerprint density at radius 2 is 0.829 bits per heavy atom. The van der Waals surface area contributed by atoms with Crippen LogP contribution < -0.4 is 4.90 Å². The van der Waals surface area contributed by atoms with Gasteiger partial charge in [-0.3, -0.25) is 0 Å². The number of rotatable bonds is 8. The normalized spacial score (nSPS) is 14.1. The molecule has 0 aliphatic heterocycles. The van der Waals surface area contributed by atoms with Gasteiger partial charge in [-0.25, -0.2) is 0 Å². The third-order valence-corrected chi connectivity index (χ3v) is 18.1. The van der Waals surface area contributed by atoms with E-state index in [0.717, 1.165) is 23.5 Å². The van der Waals surface area contributed by atoms with Crippen molar-refractivity contribution < 1.29 is 0 Å². The number of nitrogens with zero attached hydrogens (tertiary/aromatic N) is 2. The Bertz CT molecular complexity index is 4860. The molecular formula is C80H52N2. The standard InChI is InChI=1S/C80H52N2/c1-4-19-52(20-5-1)53-37-42-60(43-38-53)81(75-33-16-12-25-62(75)54-21-6-2-7-22-54)61-44-39-55(40-45-61)63-29-18-32-74-78(63)68-28-11-15-31-73(68)80(74)72-30-14-10-26-65(72)67-47-46-64-69-49-56(35-36-58(69)51-71(64)79(67)80)57-41-48-77-70(50-57)66-27-13-17-34-76(66)82(77)59-23-8-3-9-24-59/h1-50H,51H2. The van der Waals surface area contributed by atoms with Crippen LogP contribution in [0.25, 0.3) is 105 Å². The maximum atomic E-state index is 2.47. The summed E-state index contributed by atoms with van der Waals surface area (Å²) in [7, 11) is 0. The molecule has 2 heteroatoms. The van der Waals surface area contributed by atoms with E-state index in [-0.39, 0.29) is 0 Å². The highest BCUT2D eigenvalue weighted by Crippen LogP contribution is 2.66. The largest absolute Gasteiger partial charge is 0.310 e. The van der Waals surface area contributed by atoms with E-state index in [4.69, 9.17) is 0 Å². The van der Waals surface area contributed by atoms with E-state index in [1.54, 1.807) is 0 Å². The Morgan fingerprint density at radius 3 is 1.60 bits per heavy atom. The first-order chi connectivity index (χ1) is 40.7. The molecule has 82 heavy (non-hydrogen) atoms. The Morgan fingerprint density at radius 1 is 0.305 bits per heavy atom. The lowest BCUT2D eigenvalue weighted by molar-refractivity contribution is 0.784. The van der Waals surface area contributed by atoms with Crippen LogP contribution in [0.2, 0.25) is 0 Å². The fourth-order valence-corrected chi connectivity index (χ4v) is 14.6. The first-order valence-electron chi connectivity index (χ1n) is 28.6. The van der Waals surface area contributed by atoms with Crippen molar-refractivity contribution >= 4 is 38.9 Å². The Hall–Kier alpha value is -10.5. The summed E-state index contributed by atoms with van der Waals surface area (Å²) in [6, 6.07) is 113. The van der Waals surface area contributed by atoms with Gasteiger partial charge in [0.05, 0.1) is 22.1 Å². The number of benzene rings is 13. The third kappa shape index (κ3) is 6.82. The molecule has 0 fully saturated rings. The minimum atomic E-state index is -0.508. The third-order valence-electron chi connectivity index (χ3n) is 18.1. The first-order valence-corrected chi connectivity index (χ1v) is 28.6. The molecule has 0 N–H and O–H groups in total. The fourth-order valence-electron chi connectivity index (χ4n) is 14.6. The number of hydrogen-bond acceptors (Lipinski definition) is 1. The molecule has 0 saturated heterocycles. The van der Waals surface area contributed by atoms with Crippen LogP contribution in [0.15, 0.2) is 303 Å². The molecule has 382 valence electrons. The highest BCUT2D eigenvalue weighted by molar-refractivity contribution is 6.11. The highest BCUT2D eigenvalue weighted by atomic mass is 15.1. The zero-order valence-corrected chi connectivity index (χ0v) is 45.0. The van der Waals surface area contributed by atoms with Crippen LogP contribution in [0.3, 0.4) is 0 Å². The van der Waals surface area contributed by atoms with Gasteiger partial charge in [-0.05, 0) is 179 Å². The maximum absolute atomic E-state index is 2.47. The predicted octanol–water partition coefficient (Wildman–Crippen LogP) is 20.8. The van der Waals surface area contributed by atoms with Crippen molar-refractivity contribution in [3.8, 4) is 83.6 Å². The first kappa shape index (κ1) is 46.4. The van der Waals surface area contributed by atoms with E-state index in [1.165, 1.54) is 139 Å². The van der Waals surface area contributed by atoms with E-state index in [2.05, 4.69) is 313 Å². The number of aromatic nitrogens is 1. The average molecular weight is 1040 g/mol. The number of hydrogen-bond donors (Lipinski definition) is 0. The van der Waals surface area contributed by atoms with Gasteiger partial charge in [0.25, 0.3) is 0 Å². The predicted molar refractivity (Wildman–Crippen MR) is 342 cm³/mol. The van der Waals surface area contributed by atoms with Crippen LogP contribution in [0.1, 0.15) is 33.4 Å². The second kappa shape index (κ2) is 18.3. The molecule has 14 aromatic rings. The number of fused-ring (bicyclic) bond motifs is 17. The van der Waals surface area contributed by atoms with Crippen LogP contribution >= 0.6 is 0 Å². The van der Waals surface area contributed by atoms with E-state index < -0.39 is 5.41 Å². The molecule has 0 amide bonds. The van der Waals surface area contributed by atoms with Gasteiger partial charge in [-0.1, -0.05) is 237 Å². The Kier molecular flexibility index (Phi) is 10.3. The van der Waals surface area contributed by atoms with Gasteiger partial charge in [0.1, 0.15) is 0 Å². The van der Waals surface area contributed by atoms with Gasteiger partial charge >= 0.3 is 0 Å². The molecule has 3 aliphatic rings. The summed E-state index contributed by atoms with van der Waals surface area (Å²) in [4.78, 5) is 2.42. The topological polar surface area (TPSA) is 8.17 Å². The van der Waals surface area contributed by atoms with Crippen molar-refractivity contribution in [1.82, 2.24) is 4.57 Å². The van der Waals surface area contributed by atoms with Crippen LogP contribution in [-0.2, 0) is 11.8 Å². The molecule has 0 radical (unpaired) electrons. The molecule has 0 bridgehead atoms. The number of anilines is 3. The van der Waals surface area contributed by atoms with Crippen molar-refractivity contribution in [2.24, 2.45) is 0 Å². The number of para-hydroxylation sites is 3. The molecular weight excluding hydrogens is 989 g/mol. The summed E-state index contributed by atoms with van der Waals surface area (Å²) in [5, 5.41) is 2.53. The van der Waals surface area contributed by atoms with Gasteiger partial charge in [0.2, 0.25) is 0 Å². The average Bonchev–Trinajstić information content (AvgIpc) is 1.78. The zero-order valence-electron chi connectivity index (χ0n) is 45.0. The molecule has 1 spiro atoms. The van der Waals surface area contributed by atoms with Crippen molar-refractivity contribution in [1.29, 1.82) is 0 Å². The van der Waals surface area contributed by atoms with E-state index >= 15 is 0 Å². The molecule has 1 aromatic heterocycles. The van der Waals surface area contributed by atoms with Gasteiger partial charge in [0, 0.05) is 33.4 Å². The monoisotopic (exact) mass is 1040 g/mol. The van der Waals surface area contributed by atoms with Crippen molar-refractivity contribution in [3.63, 3.8) is 0 Å². The summed E-state index contributed by atoms with van der Waals surface area (Å²) >= 11 is 0. The lowest BCUT2D eigenvalue weighted by Gasteiger charge is -2.32. The highest BCUT2D eigenvalue weighted by Gasteiger charge is 2.54. The Labute approximate surface area is 477 Å². The molecule has 1 unspecified atom stereocenters. The second-order valence-corrected chi connectivity index (χ2v) is 22.2. The van der Waals surface area contributed by atoms with Crippen LogP contribution in [0.5, 0.6) is 0 Å². The van der Waals surface area contributed by atoms with E-state index in [1.807, 2.05) is 0 Å². The molecule has 3 aliphatic carbocycles. The summed E-state index contributed by atoms with van der Waals surface area (Å²) in [5.74, 6) is 0. The van der Waals surface area contributed by atoms with Crippen LogP contribution in [0, 0.1) is 0 Å². The smallest absolute Gasteiger partial charge is 0.0728 e. The molecule has 1 heterocycles. The van der Waals surface area contributed by atoms with Crippen molar-refractivity contribution in [2.45, 2.75) is 11.8 Å². The summed E-state index contributed by atoms with van der Waals surface area (Å²) < 4.78 is 2.40. The molecule has 17 rings (SSSR count). The summed E-state index contributed by atoms with van der Waals surface area (Å²) in [5.41, 5.74) is 32.4. The van der Waals surface area contributed by atoms with E-state index in [0.29, 0.717) is 0 Å². The molecule has 13 aromatic carbocycles. The Balaban J connectivity index is 0.794. The lowest BCUT2D eigenvalue weighted by Crippen LogP contribution is -2.27. The lowest BCUT2D eigenvalue weighted by atomic mass is 9.68. The van der Waals surface area contributed by atoms with Crippen molar-refractivity contribution in [2.75, 3.05) is 4.90 Å². The summed E-state index contributed by atoms with van der Waals surface area (Å²) in [6.07, 6.45) is 0.880. The van der Waals surface area contributed by atoms with Crippen LogP contribution in [-0.4, -0.2) is 4.57 Å². The molecule has 1 atom stereocenters. The van der Waals surface area contributed by atoms with E-state index in [9.17, 15) is 0 Å². The van der Waals surface area contributed by atoms with Crippen LogP contribution in [0.4, 0.5) is 17.1 Å². The minimum absolute atomic E-state index is 0.508. The molecule has 0 saturated carbocycles. The zero-order chi connectivity index (χ0) is 53.9. The summed E-state index contributed by atoms with van der Waals surface area (Å²) in [6.45, 7) is 0. The van der Waals surface area contributed by atoms with Gasteiger partial charge in [-0.2, -0.15) is 0 Å². The van der Waals surface area contributed by atoms with Gasteiger partial charge in [-0.15, -0.1) is 0 Å². The second-order valence-electron chi connectivity index (χ2n) is 22.2. The van der Waals surface area contributed by atoms with Gasteiger partial charge in [0.15, 0.2) is 0 Å². The fraction of sp³-hybridized carbons (Fsp3) is 0.0250. The molecule has 2 nitrogen and oxygen atoms in total. The quantitative estimate of drug-likeness (QED) is 0.147. The maximum Gasteiger partial charge on any atom is 0.0728 e.